The van der Waals surface area contributed by atoms with Crippen molar-refractivity contribution < 1.29 is 4.79 Å². The predicted octanol–water partition coefficient (Wildman–Crippen LogP) is 1.53. The fraction of sp³-hybridized carbons (Fsp3) is 0.917. The Balaban J connectivity index is 1.98. The van der Waals surface area contributed by atoms with Crippen molar-refractivity contribution in [2.45, 2.75) is 64.1 Å². The molecule has 2 heterocycles. The molecule has 3 nitrogen and oxygen atoms in total. The molecule has 0 spiro atoms. The van der Waals surface area contributed by atoms with Crippen molar-refractivity contribution >= 4 is 5.91 Å². The van der Waals surface area contributed by atoms with Gasteiger partial charge in [0.15, 0.2) is 0 Å². The lowest BCUT2D eigenvalue weighted by Crippen LogP contribution is -2.56. The molecule has 2 rings (SSSR count). The van der Waals surface area contributed by atoms with E-state index in [1.807, 2.05) is 0 Å². The lowest BCUT2D eigenvalue weighted by Gasteiger charge is -2.48. The molecule has 2 aliphatic heterocycles. The Kier molecular flexibility index (Phi) is 3.29. The van der Waals surface area contributed by atoms with Gasteiger partial charge >= 0.3 is 0 Å². The molecule has 0 radical (unpaired) electrons. The highest BCUT2D eigenvalue weighted by Crippen LogP contribution is 2.33. The summed E-state index contributed by atoms with van der Waals surface area (Å²) in [5.74, 6) is 0.128. The highest BCUT2D eigenvalue weighted by atomic mass is 16.1. The van der Waals surface area contributed by atoms with E-state index in [2.05, 4.69) is 17.1 Å². The number of nitrogens with one attached hydrogen (secondary N) is 1. The van der Waals surface area contributed by atoms with Crippen LogP contribution in [0.15, 0.2) is 0 Å². The number of piperidine rings is 2. The Morgan fingerprint density at radius 3 is 2.40 bits per heavy atom. The van der Waals surface area contributed by atoms with Crippen LogP contribution in [0, 0.1) is 0 Å². The first kappa shape index (κ1) is 10.9. The molecule has 2 saturated heterocycles. The molecular formula is C12H22N2O. The van der Waals surface area contributed by atoms with Crippen molar-refractivity contribution in [3.05, 3.63) is 0 Å². The zero-order chi connectivity index (χ0) is 10.8. The van der Waals surface area contributed by atoms with Gasteiger partial charge < -0.3 is 5.32 Å². The summed E-state index contributed by atoms with van der Waals surface area (Å²) < 4.78 is 0. The van der Waals surface area contributed by atoms with Crippen LogP contribution in [-0.4, -0.2) is 35.5 Å². The first-order valence-electron chi connectivity index (χ1n) is 6.23. The van der Waals surface area contributed by atoms with E-state index in [9.17, 15) is 4.79 Å². The van der Waals surface area contributed by atoms with Gasteiger partial charge in [-0.25, -0.2) is 0 Å². The molecule has 2 bridgehead atoms. The molecule has 1 N–H and O–H groups in total. The maximum absolute atomic E-state index is 11.1. The first-order valence-corrected chi connectivity index (χ1v) is 6.23. The van der Waals surface area contributed by atoms with Gasteiger partial charge in [0.05, 0.1) is 0 Å². The largest absolute Gasteiger partial charge is 0.353 e. The molecule has 15 heavy (non-hydrogen) atoms. The van der Waals surface area contributed by atoms with Gasteiger partial charge in [-0.15, -0.1) is 0 Å². The molecule has 3 heteroatoms. The number of hydrogen-bond acceptors (Lipinski definition) is 2. The van der Waals surface area contributed by atoms with E-state index in [0.717, 1.165) is 24.9 Å². The summed E-state index contributed by atoms with van der Waals surface area (Å²) in [5.41, 5.74) is 0. The molecule has 86 valence electrons. The van der Waals surface area contributed by atoms with E-state index in [1.54, 1.807) is 6.92 Å². The number of rotatable bonds is 2. The van der Waals surface area contributed by atoms with Crippen LogP contribution in [0.2, 0.25) is 0 Å². The van der Waals surface area contributed by atoms with Crippen LogP contribution in [0.4, 0.5) is 0 Å². The number of fused-ring (bicyclic) bond motifs is 2. The van der Waals surface area contributed by atoms with Crippen molar-refractivity contribution in [1.29, 1.82) is 0 Å². The fourth-order valence-electron chi connectivity index (χ4n) is 3.40. The van der Waals surface area contributed by atoms with Crippen molar-refractivity contribution in [3.63, 3.8) is 0 Å². The van der Waals surface area contributed by atoms with Crippen LogP contribution in [0.5, 0.6) is 0 Å². The Morgan fingerprint density at radius 2 is 1.93 bits per heavy atom. The lowest BCUT2D eigenvalue weighted by atomic mass is 9.82. The Labute approximate surface area is 92.2 Å². The molecule has 2 unspecified atom stereocenters. The van der Waals surface area contributed by atoms with E-state index in [0.29, 0.717) is 6.04 Å². The lowest BCUT2D eigenvalue weighted by molar-refractivity contribution is -0.120. The summed E-state index contributed by atoms with van der Waals surface area (Å²) in [4.78, 5) is 13.7. The van der Waals surface area contributed by atoms with Crippen LogP contribution in [0.3, 0.4) is 0 Å². The molecule has 0 saturated carbocycles. The van der Waals surface area contributed by atoms with Gasteiger partial charge in [-0.2, -0.15) is 0 Å². The fourth-order valence-corrected chi connectivity index (χ4v) is 3.40. The third kappa shape index (κ3) is 2.33. The third-order valence-corrected chi connectivity index (χ3v) is 3.90. The molecule has 0 aromatic rings. The number of carbonyl (C=O) groups is 1. The maximum atomic E-state index is 11.1. The number of hydrogen-bond donors (Lipinski definition) is 1. The number of nitrogens with zero attached hydrogens (tertiary/aromatic N) is 1. The molecule has 1 amide bonds. The zero-order valence-corrected chi connectivity index (χ0v) is 9.83. The Hall–Kier alpha value is -0.570. The van der Waals surface area contributed by atoms with E-state index in [4.69, 9.17) is 0 Å². The molecular weight excluding hydrogens is 188 g/mol. The second-order valence-electron chi connectivity index (χ2n) is 4.94. The number of amides is 1. The van der Waals surface area contributed by atoms with Crippen LogP contribution in [-0.2, 0) is 4.79 Å². The Bertz CT molecular complexity index is 228. The minimum absolute atomic E-state index is 0.128. The van der Waals surface area contributed by atoms with E-state index in [1.165, 1.54) is 25.8 Å². The molecule has 3 atom stereocenters. The zero-order valence-electron chi connectivity index (χ0n) is 9.83. The minimum atomic E-state index is 0.128. The quantitative estimate of drug-likeness (QED) is 0.749. The van der Waals surface area contributed by atoms with Crippen molar-refractivity contribution in [3.8, 4) is 0 Å². The maximum Gasteiger partial charge on any atom is 0.217 e. The monoisotopic (exact) mass is 210 g/mol. The van der Waals surface area contributed by atoms with Gasteiger partial charge in [-0.05, 0) is 32.2 Å². The first-order chi connectivity index (χ1) is 7.20. The predicted molar refractivity (Wildman–Crippen MR) is 60.6 cm³/mol. The average Bonchev–Trinajstić information content (AvgIpc) is 2.15. The average molecular weight is 210 g/mol. The minimum Gasteiger partial charge on any atom is -0.353 e. The van der Waals surface area contributed by atoms with Crippen molar-refractivity contribution in [2.75, 3.05) is 6.54 Å². The normalized spacial score (nSPS) is 36.3. The van der Waals surface area contributed by atoms with Gasteiger partial charge in [-0.1, -0.05) is 13.3 Å². The summed E-state index contributed by atoms with van der Waals surface area (Å²) in [7, 11) is 0. The molecule has 0 aromatic carbocycles. The van der Waals surface area contributed by atoms with Gasteiger partial charge in [0.2, 0.25) is 5.91 Å². The molecule has 2 aliphatic rings. The van der Waals surface area contributed by atoms with E-state index in [-0.39, 0.29) is 5.91 Å². The van der Waals surface area contributed by atoms with E-state index >= 15 is 0 Å². The summed E-state index contributed by atoms with van der Waals surface area (Å²) in [6.07, 6.45) is 6.33. The highest BCUT2D eigenvalue weighted by Gasteiger charge is 2.37. The topological polar surface area (TPSA) is 32.3 Å². The SMILES string of the molecule is CCN1C2CCC[C@@H]1CC(NC(C)=O)C2. The van der Waals surface area contributed by atoms with Crippen LogP contribution in [0.25, 0.3) is 0 Å². The third-order valence-electron chi connectivity index (χ3n) is 3.90. The van der Waals surface area contributed by atoms with Crippen LogP contribution >= 0.6 is 0 Å². The summed E-state index contributed by atoms with van der Waals surface area (Å²) in [6.45, 7) is 5.05. The molecule has 2 fully saturated rings. The number of carbonyl (C=O) groups excluding carboxylic acids is 1. The summed E-state index contributed by atoms with van der Waals surface area (Å²) in [5, 5.41) is 3.09. The smallest absolute Gasteiger partial charge is 0.217 e. The van der Waals surface area contributed by atoms with Gasteiger partial charge in [0, 0.05) is 25.0 Å². The van der Waals surface area contributed by atoms with Gasteiger partial charge in [-0.3, -0.25) is 9.69 Å². The molecule has 0 aliphatic carbocycles. The second kappa shape index (κ2) is 4.52. The van der Waals surface area contributed by atoms with E-state index < -0.39 is 0 Å². The molecule has 0 aromatic heterocycles. The Morgan fingerprint density at radius 1 is 1.33 bits per heavy atom. The highest BCUT2D eigenvalue weighted by molar-refractivity contribution is 5.73. The summed E-state index contributed by atoms with van der Waals surface area (Å²) >= 11 is 0. The van der Waals surface area contributed by atoms with Gasteiger partial charge in [0.1, 0.15) is 0 Å². The van der Waals surface area contributed by atoms with Crippen molar-refractivity contribution in [2.24, 2.45) is 0 Å². The second-order valence-corrected chi connectivity index (χ2v) is 4.94. The summed E-state index contributed by atoms with van der Waals surface area (Å²) in [6, 6.07) is 1.87. The van der Waals surface area contributed by atoms with Crippen LogP contribution in [0.1, 0.15) is 46.0 Å². The standard InChI is InChI=1S/C12H22N2O/c1-3-14-11-5-4-6-12(14)8-10(7-11)13-9(2)15/h10-12H,3-8H2,1-2H3,(H,13,15)/t10?,11-,12?/m1/s1. The van der Waals surface area contributed by atoms with Gasteiger partial charge in [0.25, 0.3) is 0 Å². The van der Waals surface area contributed by atoms with Crippen molar-refractivity contribution in [1.82, 2.24) is 10.2 Å². The van der Waals surface area contributed by atoms with Crippen LogP contribution < -0.4 is 5.32 Å².